The maximum absolute atomic E-state index is 14.9. The smallest absolute Gasteiger partial charge is 0.134 e. The van der Waals surface area contributed by atoms with Crippen LogP contribution in [-0.4, -0.2) is 0 Å². The van der Waals surface area contributed by atoms with Crippen LogP contribution in [0.3, 0.4) is 0 Å². The summed E-state index contributed by atoms with van der Waals surface area (Å²) in [6, 6.07) is 28.1. The van der Waals surface area contributed by atoms with E-state index in [1.807, 2.05) is 12.1 Å². The van der Waals surface area contributed by atoms with Gasteiger partial charge >= 0.3 is 0 Å². The summed E-state index contributed by atoms with van der Waals surface area (Å²) in [5.74, 6) is -1.80. The summed E-state index contributed by atoms with van der Waals surface area (Å²) in [6.07, 6.45) is 0. The number of hydrogen-bond donors (Lipinski definition) is 0. The molecule has 42 heavy (non-hydrogen) atoms. The lowest BCUT2D eigenvalue weighted by molar-refractivity contribution is 0.609. The van der Waals surface area contributed by atoms with Crippen molar-refractivity contribution in [2.45, 2.75) is 0 Å². The van der Waals surface area contributed by atoms with Crippen LogP contribution in [0.2, 0.25) is 0 Å². The quantitative estimate of drug-likeness (QED) is 0.100. The van der Waals surface area contributed by atoms with Crippen LogP contribution in [0.4, 0.5) is 17.6 Å². The third kappa shape index (κ3) is 2.55. The number of halogens is 4. The van der Waals surface area contributed by atoms with Crippen molar-refractivity contribution in [3.8, 4) is 22.3 Å². The minimum atomic E-state index is -0.572. The summed E-state index contributed by atoms with van der Waals surface area (Å²) in [7, 11) is 0. The highest BCUT2D eigenvalue weighted by atomic mass is 19.1. The minimum absolute atomic E-state index is 0.0135. The Hall–Kier alpha value is -5.22. The molecule has 0 heterocycles. The second kappa shape index (κ2) is 7.34. The average molecular weight is 549 g/mol. The maximum Gasteiger partial charge on any atom is 0.134 e. The van der Waals surface area contributed by atoms with E-state index in [-0.39, 0.29) is 17.0 Å². The van der Waals surface area contributed by atoms with Gasteiger partial charge in [0.25, 0.3) is 0 Å². The van der Waals surface area contributed by atoms with E-state index in [1.165, 1.54) is 24.3 Å². The van der Waals surface area contributed by atoms with Gasteiger partial charge in [-0.05, 0) is 135 Å². The van der Waals surface area contributed by atoms with Gasteiger partial charge in [0.05, 0.1) is 5.39 Å². The molecule has 1 aliphatic rings. The molecule has 0 bridgehead atoms. The van der Waals surface area contributed by atoms with Crippen molar-refractivity contribution in [1.82, 2.24) is 0 Å². The minimum Gasteiger partial charge on any atom is -0.207 e. The van der Waals surface area contributed by atoms with Gasteiger partial charge in [-0.2, -0.15) is 0 Å². The first-order valence-corrected chi connectivity index (χ1v) is 13.8. The molecule has 0 radical (unpaired) electrons. The maximum atomic E-state index is 14.9. The van der Waals surface area contributed by atoms with E-state index in [1.54, 1.807) is 36.4 Å². The SMILES string of the molecule is Fc1ccc2c3ccc(F)cc3c3cc4c(cc3c2c1)-c1ccc2c3ccc(F)c5c(F)ccc(c6ccc-4c1c26)c53. The average Bonchev–Trinajstić information content (AvgIpc) is 3.31. The van der Waals surface area contributed by atoms with Gasteiger partial charge in [0.15, 0.2) is 0 Å². The standard InChI is InChI=1S/C38H16F4/c39-17-1-3-19-20-4-2-18(40)14-28(20)32-16-30-26-8-6-22-24-10-12-34(42)38-33(41)11-9-23(37(24)38)21-5-7-25(36(26)35(21)22)29(30)15-31(32)27(19)13-17/h1-16H. The molecule has 0 unspecified atom stereocenters. The van der Waals surface area contributed by atoms with Gasteiger partial charge in [0.2, 0.25) is 0 Å². The highest BCUT2D eigenvalue weighted by Gasteiger charge is 2.27. The molecule has 0 fully saturated rings. The van der Waals surface area contributed by atoms with Crippen LogP contribution in [0.25, 0.3) is 97.7 Å². The Morgan fingerprint density at radius 1 is 0.262 bits per heavy atom. The van der Waals surface area contributed by atoms with Gasteiger partial charge in [-0.3, -0.25) is 0 Å². The fraction of sp³-hybridized carbons (Fsp3) is 0. The zero-order valence-corrected chi connectivity index (χ0v) is 21.7. The van der Waals surface area contributed by atoms with Crippen LogP contribution >= 0.6 is 0 Å². The second-order valence-corrected chi connectivity index (χ2v) is 11.3. The van der Waals surface area contributed by atoms with Gasteiger partial charge in [-0.25, -0.2) is 17.6 Å². The number of hydrogen-bond acceptors (Lipinski definition) is 0. The van der Waals surface area contributed by atoms with Crippen molar-refractivity contribution in [3.05, 3.63) is 120 Å². The van der Waals surface area contributed by atoms with Gasteiger partial charge in [-0.15, -0.1) is 0 Å². The summed E-state index contributed by atoms with van der Waals surface area (Å²) in [4.78, 5) is 0. The largest absolute Gasteiger partial charge is 0.207 e. The Morgan fingerprint density at radius 2 is 0.643 bits per heavy atom. The Balaban J connectivity index is 1.40. The molecule has 196 valence electrons. The number of rotatable bonds is 0. The Morgan fingerprint density at radius 3 is 1.12 bits per heavy atom. The monoisotopic (exact) mass is 548 g/mol. The Labute approximate surface area is 235 Å². The molecule has 0 saturated heterocycles. The molecular weight excluding hydrogens is 532 g/mol. The van der Waals surface area contributed by atoms with Gasteiger partial charge in [0.1, 0.15) is 23.3 Å². The van der Waals surface area contributed by atoms with Crippen molar-refractivity contribution < 1.29 is 17.6 Å². The van der Waals surface area contributed by atoms with E-state index in [2.05, 4.69) is 24.3 Å². The van der Waals surface area contributed by atoms with E-state index in [4.69, 9.17) is 0 Å². The predicted molar refractivity (Wildman–Crippen MR) is 164 cm³/mol. The van der Waals surface area contributed by atoms with E-state index in [0.717, 1.165) is 86.9 Å². The van der Waals surface area contributed by atoms with Crippen molar-refractivity contribution in [2.24, 2.45) is 0 Å². The summed E-state index contributed by atoms with van der Waals surface area (Å²) >= 11 is 0. The molecule has 0 spiro atoms. The third-order valence-electron chi connectivity index (χ3n) is 9.37. The molecule has 9 aromatic rings. The summed E-state index contributed by atoms with van der Waals surface area (Å²) < 4.78 is 58.9. The first kappa shape index (κ1) is 22.5. The second-order valence-electron chi connectivity index (χ2n) is 11.3. The molecule has 0 aliphatic heterocycles. The molecule has 0 atom stereocenters. The van der Waals surface area contributed by atoms with Crippen LogP contribution in [0.1, 0.15) is 0 Å². The topological polar surface area (TPSA) is 0 Å². The van der Waals surface area contributed by atoms with E-state index in [9.17, 15) is 17.6 Å². The van der Waals surface area contributed by atoms with Gasteiger partial charge < -0.3 is 0 Å². The lowest BCUT2D eigenvalue weighted by Gasteiger charge is -2.16. The normalized spacial score (nSPS) is 12.8. The number of benzene rings is 9. The lowest BCUT2D eigenvalue weighted by Crippen LogP contribution is -1.92. The summed E-state index contributed by atoms with van der Waals surface area (Å²) in [6.45, 7) is 0. The lowest BCUT2D eigenvalue weighted by atomic mass is 9.87. The van der Waals surface area contributed by atoms with E-state index in [0.29, 0.717) is 5.39 Å². The molecule has 10 rings (SSSR count). The molecule has 1 aliphatic carbocycles. The summed E-state index contributed by atoms with van der Waals surface area (Å²) in [5.41, 5.74) is 4.15. The molecule has 0 saturated carbocycles. The van der Waals surface area contributed by atoms with Crippen molar-refractivity contribution in [1.29, 1.82) is 0 Å². The van der Waals surface area contributed by atoms with Crippen molar-refractivity contribution in [3.63, 3.8) is 0 Å². The Kier molecular flexibility index (Phi) is 3.93. The van der Waals surface area contributed by atoms with Gasteiger partial charge in [-0.1, -0.05) is 48.5 Å². The van der Waals surface area contributed by atoms with Crippen molar-refractivity contribution in [2.75, 3.05) is 0 Å². The van der Waals surface area contributed by atoms with Crippen LogP contribution < -0.4 is 0 Å². The highest BCUT2D eigenvalue weighted by Crippen LogP contribution is 2.54. The highest BCUT2D eigenvalue weighted by molar-refractivity contribution is 6.38. The first-order chi connectivity index (χ1) is 20.5. The molecule has 0 N–H and O–H groups in total. The van der Waals surface area contributed by atoms with Crippen LogP contribution in [0.15, 0.2) is 97.1 Å². The molecule has 9 aromatic carbocycles. The van der Waals surface area contributed by atoms with Gasteiger partial charge in [0, 0.05) is 5.39 Å². The molecule has 0 aromatic heterocycles. The van der Waals surface area contributed by atoms with Crippen LogP contribution in [-0.2, 0) is 0 Å². The molecule has 0 nitrogen and oxygen atoms in total. The fourth-order valence-corrected chi connectivity index (χ4v) is 7.70. The number of fused-ring (bicyclic) bond motifs is 11. The summed E-state index contributed by atoms with van der Waals surface area (Å²) in [5, 5.41) is 11.2. The van der Waals surface area contributed by atoms with E-state index >= 15 is 0 Å². The molecule has 4 heteroatoms. The molecule has 0 amide bonds. The molecular formula is C38H16F4. The zero-order valence-electron chi connectivity index (χ0n) is 21.7. The van der Waals surface area contributed by atoms with Crippen LogP contribution in [0, 0.1) is 23.3 Å². The Bertz CT molecular complexity index is 2540. The predicted octanol–water partition coefficient (Wildman–Crippen LogP) is 11.4. The zero-order chi connectivity index (χ0) is 28.0. The fourth-order valence-electron chi connectivity index (χ4n) is 7.70. The van der Waals surface area contributed by atoms with E-state index < -0.39 is 11.6 Å². The van der Waals surface area contributed by atoms with Crippen LogP contribution in [0.5, 0.6) is 0 Å². The third-order valence-corrected chi connectivity index (χ3v) is 9.37. The van der Waals surface area contributed by atoms with Crippen molar-refractivity contribution >= 4 is 75.4 Å². The first-order valence-electron chi connectivity index (χ1n) is 13.8.